The van der Waals surface area contributed by atoms with Crippen molar-refractivity contribution >= 4 is 11.6 Å². The zero-order chi connectivity index (χ0) is 18.7. The third-order valence-corrected chi connectivity index (χ3v) is 4.52. The number of aryl methyl sites for hydroxylation is 2. The van der Waals surface area contributed by atoms with Crippen LogP contribution >= 0.6 is 0 Å². The Balaban J connectivity index is 1.60. The Labute approximate surface area is 153 Å². The molecule has 2 N–H and O–H groups in total. The molecule has 0 spiro atoms. The van der Waals surface area contributed by atoms with Crippen molar-refractivity contribution in [1.29, 1.82) is 0 Å². The van der Waals surface area contributed by atoms with Crippen molar-refractivity contribution in [2.24, 2.45) is 7.05 Å². The smallest absolute Gasteiger partial charge is 0.269 e. The number of aromatic amines is 1. The summed E-state index contributed by atoms with van der Waals surface area (Å²) in [6.07, 6.45) is 0. The molecule has 0 fully saturated rings. The Morgan fingerprint density at radius 2 is 2.00 bits per heavy atom. The van der Waals surface area contributed by atoms with Crippen molar-refractivity contribution < 1.29 is 4.79 Å². The SMILES string of the molecule is Cc1nn(C)c(C)c1-c1cc(C(=O)NCCN(C)c2ccccc2)[nH]n1. The normalized spacial score (nSPS) is 10.8. The van der Waals surface area contributed by atoms with Gasteiger partial charge in [0.05, 0.1) is 11.4 Å². The zero-order valence-corrected chi connectivity index (χ0v) is 15.6. The monoisotopic (exact) mass is 352 g/mol. The molecule has 0 unspecified atom stereocenters. The molecule has 0 atom stereocenters. The molecule has 0 aliphatic heterocycles. The van der Waals surface area contributed by atoms with Crippen molar-refractivity contribution in [2.45, 2.75) is 13.8 Å². The number of hydrogen-bond donors (Lipinski definition) is 2. The Kier molecular flexibility index (Phi) is 5.06. The van der Waals surface area contributed by atoms with Gasteiger partial charge in [0, 0.05) is 44.1 Å². The lowest BCUT2D eigenvalue weighted by molar-refractivity contribution is 0.0949. The summed E-state index contributed by atoms with van der Waals surface area (Å²) in [5.74, 6) is -0.163. The van der Waals surface area contributed by atoms with Crippen molar-refractivity contribution in [3.05, 3.63) is 53.5 Å². The van der Waals surface area contributed by atoms with E-state index in [1.54, 1.807) is 6.07 Å². The van der Waals surface area contributed by atoms with Crippen LogP contribution in [0.25, 0.3) is 11.3 Å². The van der Waals surface area contributed by atoms with Gasteiger partial charge in [0.1, 0.15) is 5.69 Å². The molecule has 26 heavy (non-hydrogen) atoms. The number of H-pyrrole nitrogens is 1. The van der Waals surface area contributed by atoms with E-state index in [9.17, 15) is 4.79 Å². The molecular formula is C19H24N6O. The fourth-order valence-corrected chi connectivity index (χ4v) is 2.95. The molecule has 0 radical (unpaired) electrons. The number of benzene rings is 1. The predicted molar refractivity (Wildman–Crippen MR) is 102 cm³/mol. The molecule has 0 saturated heterocycles. The molecule has 0 bridgehead atoms. The van der Waals surface area contributed by atoms with Crippen molar-refractivity contribution in [1.82, 2.24) is 25.3 Å². The lowest BCUT2D eigenvalue weighted by Gasteiger charge is -2.19. The van der Waals surface area contributed by atoms with Crippen LogP contribution in [-0.4, -0.2) is 46.0 Å². The van der Waals surface area contributed by atoms with E-state index < -0.39 is 0 Å². The van der Waals surface area contributed by atoms with Crippen LogP contribution in [0.1, 0.15) is 21.9 Å². The van der Waals surface area contributed by atoms with Crippen molar-refractivity contribution in [2.75, 3.05) is 25.0 Å². The maximum Gasteiger partial charge on any atom is 0.269 e. The first-order chi connectivity index (χ1) is 12.5. The zero-order valence-electron chi connectivity index (χ0n) is 15.6. The molecule has 3 rings (SSSR count). The molecule has 7 heteroatoms. The van der Waals surface area contributed by atoms with E-state index in [2.05, 4.69) is 25.5 Å². The number of aromatic nitrogens is 4. The van der Waals surface area contributed by atoms with E-state index in [1.165, 1.54) is 0 Å². The minimum atomic E-state index is -0.163. The van der Waals surface area contributed by atoms with Crippen LogP contribution in [0.3, 0.4) is 0 Å². The van der Waals surface area contributed by atoms with Crippen LogP contribution < -0.4 is 10.2 Å². The number of carbonyl (C=O) groups is 1. The molecule has 0 aliphatic rings. The standard InChI is InChI=1S/C19H24N6O/c1-13-18(14(2)25(4)23-13)16-12-17(22-21-16)19(26)20-10-11-24(3)15-8-6-5-7-9-15/h5-9,12H,10-11H2,1-4H3,(H,20,26)(H,21,22). The first-order valence-electron chi connectivity index (χ1n) is 8.57. The number of rotatable bonds is 6. The second kappa shape index (κ2) is 7.43. The second-order valence-electron chi connectivity index (χ2n) is 6.35. The highest BCUT2D eigenvalue weighted by atomic mass is 16.1. The number of nitrogens with one attached hydrogen (secondary N) is 2. The highest BCUT2D eigenvalue weighted by Crippen LogP contribution is 2.25. The van der Waals surface area contributed by atoms with Gasteiger partial charge in [-0.05, 0) is 32.0 Å². The van der Waals surface area contributed by atoms with E-state index in [4.69, 9.17) is 0 Å². The van der Waals surface area contributed by atoms with Crippen LogP contribution in [0.15, 0.2) is 36.4 Å². The molecule has 0 saturated carbocycles. The van der Waals surface area contributed by atoms with E-state index in [0.29, 0.717) is 12.2 Å². The summed E-state index contributed by atoms with van der Waals surface area (Å²) in [6.45, 7) is 5.19. The molecule has 1 amide bonds. The van der Waals surface area contributed by atoms with Gasteiger partial charge in [-0.3, -0.25) is 14.6 Å². The van der Waals surface area contributed by atoms with E-state index in [1.807, 2.05) is 63.0 Å². The van der Waals surface area contributed by atoms with Crippen molar-refractivity contribution in [3.63, 3.8) is 0 Å². The molecular weight excluding hydrogens is 328 g/mol. The maximum absolute atomic E-state index is 12.4. The number of likely N-dealkylation sites (N-methyl/N-ethyl adjacent to an activating group) is 1. The lowest BCUT2D eigenvalue weighted by Crippen LogP contribution is -2.33. The fourth-order valence-electron chi connectivity index (χ4n) is 2.95. The van der Waals surface area contributed by atoms with Gasteiger partial charge in [0.25, 0.3) is 5.91 Å². The summed E-state index contributed by atoms with van der Waals surface area (Å²) in [5, 5.41) is 14.4. The summed E-state index contributed by atoms with van der Waals surface area (Å²) < 4.78 is 1.82. The summed E-state index contributed by atoms with van der Waals surface area (Å²) in [7, 11) is 3.90. The first kappa shape index (κ1) is 17.7. The quantitative estimate of drug-likeness (QED) is 0.713. The van der Waals surface area contributed by atoms with Gasteiger partial charge in [0.2, 0.25) is 0 Å². The Morgan fingerprint density at radius 1 is 1.27 bits per heavy atom. The Bertz CT molecular complexity index is 896. The number of nitrogens with zero attached hydrogens (tertiary/aromatic N) is 4. The number of amides is 1. The molecule has 1 aromatic carbocycles. The summed E-state index contributed by atoms with van der Waals surface area (Å²) in [4.78, 5) is 14.5. The van der Waals surface area contributed by atoms with Crippen LogP contribution in [0.5, 0.6) is 0 Å². The highest BCUT2D eigenvalue weighted by Gasteiger charge is 2.17. The van der Waals surface area contributed by atoms with Gasteiger partial charge in [-0.25, -0.2) is 0 Å². The molecule has 7 nitrogen and oxygen atoms in total. The Morgan fingerprint density at radius 3 is 2.65 bits per heavy atom. The fraction of sp³-hybridized carbons (Fsp3) is 0.316. The van der Waals surface area contributed by atoms with Gasteiger partial charge in [-0.2, -0.15) is 10.2 Å². The molecule has 2 aromatic heterocycles. The average Bonchev–Trinajstić information content (AvgIpc) is 3.20. The minimum absolute atomic E-state index is 0.163. The topological polar surface area (TPSA) is 78.8 Å². The molecule has 0 aliphatic carbocycles. The van der Waals surface area contributed by atoms with Crippen LogP contribution in [0.2, 0.25) is 0 Å². The van der Waals surface area contributed by atoms with E-state index >= 15 is 0 Å². The van der Waals surface area contributed by atoms with Crippen LogP contribution in [-0.2, 0) is 7.05 Å². The largest absolute Gasteiger partial charge is 0.373 e. The third kappa shape index (κ3) is 3.61. The average molecular weight is 352 g/mol. The number of para-hydroxylation sites is 1. The number of anilines is 1. The van der Waals surface area contributed by atoms with Gasteiger partial charge >= 0.3 is 0 Å². The number of hydrogen-bond acceptors (Lipinski definition) is 4. The van der Waals surface area contributed by atoms with Crippen LogP contribution in [0.4, 0.5) is 5.69 Å². The molecule has 136 valence electrons. The predicted octanol–water partition coefficient (Wildman–Crippen LogP) is 2.29. The highest BCUT2D eigenvalue weighted by molar-refractivity contribution is 5.93. The van der Waals surface area contributed by atoms with Gasteiger partial charge in [-0.15, -0.1) is 0 Å². The van der Waals surface area contributed by atoms with Gasteiger partial charge in [-0.1, -0.05) is 18.2 Å². The Hall–Kier alpha value is -3.09. The number of carbonyl (C=O) groups excluding carboxylic acids is 1. The van der Waals surface area contributed by atoms with E-state index in [-0.39, 0.29) is 5.91 Å². The minimum Gasteiger partial charge on any atom is -0.373 e. The first-order valence-corrected chi connectivity index (χ1v) is 8.57. The van der Waals surface area contributed by atoms with Crippen molar-refractivity contribution in [3.8, 4) is 11.3 Å². The summed E-state index contributed by atoms with van der Waals surface area (Å²) in [6, 6.07) is 11.8. The molecule has 2 heterocycles. The van der Waals surface area contributed by atoms with E-state index in [0.717, 1.165) is 34.9 Å². The third-order valence-electron chi connectivity index (χ3n) is 4.52. The summed E-state index contributed by atoms with van der Waals surface area (Å²) >= 11 is 0. The van der Waals surface area contributed by atoms with Crippen LogP contribution in [0, 0.1) is 13.8 Å². The summed E-state index contributed by atoms with van der Waals surface area (Å²) in [5.41, 5.74) is 5.18. The van der Waals surface area contributed by atoms with Gasteiger partial charge < -0.3 is 10.2 Å². The van der Waals surface area contributed by atoms with Gasteiger partial charge in [0.15, 0.2) is 0 Å². The second-order valence-corrected chi connectivity index (χ2v) is 6.35. The molecule has 3 aromatic rings. The lowest BCUT2D eigenvalue weighted by atomic mass is 10.1. The maximum atomic E-state index is 12.4.